The second-order valence-corrected chi connectivity index (χ2v) is 13.4. The number of carbonyl (C=O) groups excluding carboxylic acids is 2. The monoisotopic (exact) mass is 625 g/mol. The predicted octanol–water partition coefficient (Wildman–Crippen LogP) is 12.0. The van der Waals surface area contributed by atoms with Crippen LogP contribution in [0.25, 0.3) is 0 Å². The molecular weight excluding hydrogens is 548 g/mol. The fourth-order valence-electron chi connectivity index (χ4n) is 5.85. The second-order valence-electron chi connectivity index (χ2n) is 13.4. The first-order chi connectivity index (χ1) is 21.6. The van der Waals surface area contributed by atoms with Crippen molar-refractivity contribution in [3.05, 3.63) is 0 Å². The Kier molecular flexibility index (Phi) is 35.5. The maximum absolute atomic E-state index is 12.0. The SMILES string of the molecule is CCCCCCCCCCCCCCCCCCCCC(=O)OC[C@H](O)COC(=O)CCCCCCCCCCCCCC. The van der Waals surface area contributed by atoms with Crippen molar-refractivity contribution in [2.24, 2.45) is 0 Å². The maximum atomic E-state index is 12.0. The van der Waals surface area contributed by atoms with Crippen LogP contribution < -0.4 is 0 Å². The lowest BCUT2D eigenvalue weighted by Gasteiger charge is -2.12. The molecule has 0 amide bonds. The maximum Gasteiger partial charge on any atom is 0.305 e. The molecule has 0 saturated heterocycles. The summed E-state index contributed by atoms with van der Waals surface area (Å²) in [5, 5.41) is 9.99. The third-order valence-corrected chi connectivity index (χ3v) is 8.84. The summed E-state index contributed by atoms with van der Waals surface area (Å²) in [5.41, 5.74) is 0. The van der Waals surface area contributed by atoms with Gasteiger partial charge in [-0.05, 0) is 12.8 Å². The van der Waals surface area contributed by atoms with Gasteiger partial charge >= 0.3 is 11.9 Å². The summed E-state index contributed by atoms with van der Waals surface area (Å²) < 4.78 is 10.3. The van der Waals surface area contributed by atoms with E-state index in [1.54, 1.807) is 0 Å². The highest BCUT2D eigenvalue weighted by Gasteiger charge is 2.12. The van der Waals surface area contributed by atoms with Crippen LogP contribution in [0.15, 0.2) is 0 Å². The van der Waals surface area contributed by atoms with Gasteiger partial charge in [-0.25, -0.2) is 0 Å². The van der Waals surface area contributed by atoms with E-state index in [-0.39, 0.29) is 25.2 Å². The van der Waals surface area contributed by atoms with Crippen molar-refractivity contribution in [2.45, 2.75) is 225 Å². The topological polar surface area (TPSA) is 72.8 Å². The molecular formula is C39H76O5. The summed E-state index contributed by atoms with van der Waals surface area (Å²) in [6.07, 6.45) is 38.7. The van der Waals surface area contributed by atoms with Gasteiger partial charge in [0.25, 0.3) is 0 Å². The molecule has 0 spiro atoms. The van der Waals surface area contributed by atoms with E-state index in [1.165, 1.54) is 167 Å². The standard InChI is InChI=1S/C39H76O5/c1-3-5-7-9-11-13-15-17-18-19-20-21-22-24-26-28-30-32-34-39(42)44-36-37(40)35-43-38(41)33-31-29-27-25-23-16-14-12-10-8-6-4-2/h37,40H,3-36H2,1-2H3/t37-/m1/s1. The number of ether oxygens (including phenoxy) is 2. The van der Waals surface area contributed by atoms with Crippen LogP contribution in [0.2, 0.25) is 0 Å². The fourth-order valence-corrected chi connectivity index (χ4v) is 5.85. The first-order valence-corrected chi connectivity index (χ1v) is 19.6. The Morgan fingerprint density at radius 2 is 0.591 bits per heavy atom. The highest BCUT2D eigenvalue weighted by atomic mass is 16.6. The zero-order valence-corrected chi connectivity index (χ0v) is 29.7. The molecule has 5 heteroatoms. The minimum Gasteiger partial charge on any atom is -0.463 e. The largest absolute Gasteiger partial charge is 0.463 e. The molecule has 0 aliphatic carbocycles. The molecule has 0 unspecified atom stereocenters. The van der Waals surface area contributed by atoms with Gasteiger partial charge in [0.05, 0.1) is 0 Å². The summed E-state index contributed by atoms with van der Waals surface area (Å²) in [6.45, 7) is 4.32. The van der Waals surface area contributed by atoms with E-state index < -0.39 is 6.10 Å². The number of carbonyl (C=O) groups is 2. The molecule has 0 aromatic carbocycles. The second kappa shape index (κ2) is 36.4. The number of hydrogen-bond donors (Lipinski definition) is 1. The van der Waals surface area contributed by atoms with E-state index in [0.29, 0.717) is 12.8 Å². The lowest BCUT2D eigenvalue weighted by atomic mass is 10.0. The van der Waals surface area contributed by atoms with Gasteiger partial charge in [0.15, 0.2) is 0 Å². The van der Waals surface area contributed by atoms with Crippen LogP contribution in [0.5, 0.6) is 0 Å². The minimum atomic E-state index is -0.954. The van der Waals surface area contributed by atoms with E-state index >= 15 is 0 Å². The number of rotatable bonds is 36. The van der Waals surface area contributed by atoms with Crippen molar-refractivity contribution in [1.29, 1.82) is 0 Å². The third-order valence-electron chi connectivity index (χ3n) is 8.84. The summed E-state index contributed by atoms with van der Waals surface area (Å²) >= 11 is 0. The summed E-state index contributed by atoms with van der Waals surface area (Å²) in [5.74, 6) is -0.551. The number of aliphatic hydroxyl groups excluding tert-OH is 1. The van der Waals surface area contributed by atoms with Gasteiger partial charge in [0.1, 0.15) is 19.3 Å². The van der Waals surface area contributed by atoms with Gasteiger partial charge in [-0.15, -0.1) is 0 Å². The van der Waals surface area contributed by atoms with E-state index in [1.807, 2.05) is 0 Å². The van der Waals surface area contributed by atoms with E-state index in [9.17, 15) is 14.7 Å². The zero-order valence-electron chi connectivity index (χ0n) is 29.7. The van der Waals surface area contributed by atoms with Crippen LogP contribution in [-0.2, 0) is 19.1 Å². The Hall–Kier alpha value is -1.10. The zero-order chi connectivity index (χ0) is 32.2. The van der Waals surface area contributed by atoms with Gasteiger partial charge in [0.2, 0.25) is 0 Å². The van der Waals surface area contributed by atoms with E-state index in [2.05, 4.69) is 13.8 Å². The van der Waals surface area contributed by atoms with Gasteiger partial charge < -0.3 is 14.6 Å². The molecule has 0 bridgehead atoms. The fraction of sp³-hybridized carbons (Fsp3) is 0.949. The molecule has 44 heavy (non-hydrogen) atoms. The number of esters is 2. The summed E-state index contributed by atoms with van der Waals surface area (Å²) in [4.78, 5) is 23.9. The molecule has 5 nitrogen and oxygen atoms in total. The Labute approximate surface area is 274 Å². The van der Waals surface area contributed by atoms with Crippen LogP contribution >= 0.6 is 0 Å². The first-order valence-electron chi connectivity index (χ1n) is 19.6. The molecule has 0 fully saturated rings. The quantitative estimate of drug-likeness (QED) is 0.0554. The third kappa shape index (κ3) is 35.4. The van der Waals surface area contributed by atoms with Gasteiger partial charge in [-0.3, -0.25) is 9.59 Å². The average molecular weight is 625 g/mol. The molecule has 1 atom stereocenters. The van der Waals surface area contributed by atoms with Crippen LogP contribution in [0, 0.1) is 0 Å². The van der Waals surface area contributed by atoms with Crippen LogP contribution in [0.4, 0.5) is 0 Å². The lowest BCUT2D eigenvalue weighted by molar-refractivity contribution is -0.152. The van der Waals surface area contributed by atoms with Gasteiger partial charge in [0, 0.05) is 12.8 Å². The summed E-state index contributed by atoms with van der Waals surface area (Å²) in [7, 11) is 0. The molecule has 0 heterocycles. The molecule has 0 rings (SSSR count). The molecule has 0 aliphatic rings. The highest BCUT2D eigenvalue weighted by molar-refractivity contribution is 5.69. The van der Waals surface area contributed by atoms with Crippen molar-refractivity contribution < 1.29 is 24.2 Å². The minimum absolute atomic E-state index is 0.107. The normalized spacial score (nSPS) is 12.0. The molecule has 0 radical (unpaired) electrons. The number of hydrogen-bond acceptors (Lipinski definition) is 5. The Morgan fingerprint density at radius 1 is 0.386 bits per heavy atom. The highest BCUT2D eigenvalue weighted by Crippen LogP contribution is 2.15. The van der Waals surface area contributed by atoms with Crippen molar-refractivity contribution in [1.82, 2.24) is 0 Å². The smallest absolute Gasteiger partial charge is 0.305 e. The van der Waals surface area contributed by atoms with E-state index in [0.717, 1.165) is 25.7 Å². The Bertz CT molecular complexity index is 593. The molecule has 0 aromatic heterocycles. The van der Waals surface area contributed by atoms with Crippen LogP contribution in [-0.4, -0.2) is 36.4 Å². The predicted molar refractivity (Wildman–Crippen MR) is 187 cm³/mol. The molecule has 0 saturated carbocycles. The molecule has 0 aliphatic heterocycles. The lowest BCUT2D eigenvalue weighted by Crippen LogP contribution is -2.25. The van der Waals surface area contributed by atoms with Crippen LogP contribution in [0.1, 0.15) is 219 Å². The van der Waals surface area contributed by atoms with Gasteiger partial charge in [-0.1, -0.05) is 194 Å². The Morgan fingerprint density at radius 3 is 0.818 bits per heavy atom. The van der Waals surface area contributed by atoms with Crippen LogP contribution in [0.3, 0.4) is 0 Å². The molecule has 0 aromatic rings. The average Bonchev–Trinajstić information content (AvgIpc) is 3.02. The number of unbranched alkanes of at least 4 members (excludes halogenated alkanes) is 28. The van der Waals surface area contributed by atoms with Gasteiger partial charge in [-0.2, -0.15) is 0 Å². The van der Waals surface area contributed by atoms with Crippen molar-refractivity contribution in [3.8, 4) is 0 Å². The number of aliphatic hydroxyl groups is 1. The van der Waals surface area contributed by atoms with Crippen molar-refractivity contribution in [3.63, 3.8) is 0 Å². The first kappa shape index (κ1) is 42.9. The van der Waals surface area contributed by atoms with E-state index in [4.69, 9.17) is 9.47 Å². The van der Waals surface area contributed by atoms with Crippen molar-refractivity contribution in [2.75, 3.05) is 13.2 Å². The molecule has 1 N–H and O–H groups in total. The van der Waals surface area contributed by atoms with Crippen molar-refractivity contribution >= 4 is 11.9 Å². The Balaban J connectivity index is 3.36. The summed E-state index contributed by atoms with van der Waals surface area (Å²) in [6, 6.07) is 0. The molecule has 262 valence electrons.